The average Bonchev–Trinajstić information content (AvgIpc) is 3.01. The van der Waals surface area contributed by atoms with Gasteiger partial charge in [0.25, 0.3) is 0 Å². The average molecular weight is 198 g/mol. The number of likely N-dealkylation sites (tertiary alicyclic amines) is 1. The Balaban J connectivity index is 1.83. The van der Waals surface area contributed by atoms with Crippen molar-refractivity contribution < 1.29 is 9.63 Å². The summed E-state index contributed by atoms with van der Waals surface area (Å²) >= 11 is 0. The van der Waals surface area contributed by atoms with Gasteiger partial charge >= 0.3 is 0 Å². The summed E-state index contributed by atoms with van der Waals surface area (Å²) in [7, 11) is 0. The molecule has 4 nitrogen and oxygen atoms in total. The van der Waals surface area contributed by atoms with Crippen LogP contribution in [0.3, 0.4) is 0 Å². The van der Waals surface area contributed by atoms with E-state index in [1.54, 1.807) is 0 Å². The maximum atomic E-state index is 11.8. The molecule has 4 heteroatoms. The lowest BCUT2D eigenvalue weighted by Crippen LogP contribution is -2.42. The number of carbonyl (C=O) groups excluding carboxylic acids is 1. The summed E-state index contributed by atoms with van der Waals surface area (Å²) in [4.78, 5) is 18.4. The van der Waals surface area contributed by atoms with Crippen molar-refractivity contribution in [2.24, 2.45) is 17.7 Å². The molecule has 0 radical (unpaired) electrons. The van der Waals surface area contributed by atoms with Crippen LogP contribution in [0.25, 0.3) is 0 Å². The largest absolute Gasteiger partial charge is 0.342 e. The van der Waals surface area contributed by atoms with Crippen molar-refractivity contribution in [3.05, 3.63) is 0 Å². The van der Waals surface area contributed by atoms with Gasteiger partial charge in [0.1, 0.15) is 0 Å². The molecule has 2 rings (SSSR count). The zero-order valence-electron chi connectivity index (χ0n) is 8.45. The molecule has 1 heterocycles. The van der Waals surface area contributed by atoms with Crippen LogP contribution in [0, 0.1) is 11.8 Å². The maximum absolute atomic E-state index is 11.8. The molecule has 1 saturated heterocycles. The van der Waals surface area contributed by atoms with Gasteiger partial charge in [0.15, 0.2) is 0 Å². The van der Waals surface area contributed by atoms with Crippen molar-refractivity contribution in [1.82, 2.24) is 4.90 Å². The third-order valence-electron chi connectivity index (χ3n) is 3.09. The van der Waals surface area contributed by atoms with E-state index in [4.69, 9.17) is 5.90 Å². The Bertz CT molecular complexity index is 214. The molecule has 1 saturated carbocycles. The van der Waals surface area contributed by atoms with E-state index in [0.29, 0.717) is 24.3 Å². The maximum Gasteiger partial charge on any atom is 0.225 e. The molecule has 14 heavy (non-hydrogen) atoms. The summed E-state index contributed by atoms with van der Waals surface area (Å²) in [5.41, 5.74) is 0. The zero-order chi connectivity index (χ0) is 9.97. The van der Waals surface area contributed by atoms with Crippen LogP contribution in [-0.2, 0) is 9.63 Å². The summed E-state index contributed by atoms with van der Waals surface area (Å²) < 4.78 is 0. The molecule has 2 fully saturated rings. The van der Waals surface area contributed by atoms with Crippen molar-refractivity contribution in [3.63, 3.8) is 0 Å². The first-order valence-corrected chi connectivity index (χ1v) is 5.41. The highest BCUT2D eigenvalue weighted by Crippen LogP contribution is 2.32. The number of amides is 1. The van der Waals surface area contributed by atoms with E-state index < -0.39 is 0 Å². The standard InChI is InChI=1S/C10H18N2O2/c11-14-7-8-2-1-5-12(6-8)10(13)9-3-4-9/h8-9H,1-7,11H2. The molecule has 0 aromatic rings. The fourth-order valence-corrected chi connectivity index (χ4v) is 2.13. The Kier molecular flexibility index (Phi) is 3.03. The number of nitrogens with two attached hydrogens (primary N) is 1. The van der Waals surface area contributed by atoms with Gasteiger partial charge in [0.05, 0.1) is 6.61 Å². The Morgan fingerprint density at radius 3 is 2.86 bits per heavy atom. The Hall–Kier alpha value is -0.610. The molecule has 1 aliphatic carbocycles. The number of piperidine rings is 1. The molecule has 1 aliphatic heterocycles. The van der Waals surface area contributed by atoms with Gasteiger partial charge < -0.3 is 9.74 Å². The number of hydrogen-bond donors (Lipinski definition) is 1. The van der Waals surface area contributed by atoms with Gasteiger partial charge in [0, 0.05) is 24.9 Å². The van der Waals surface area contributed by atoms with Crippen molar-refractivity contribution in [2.75, 3.05) is 19.7 Å². The van der Waals surface area contributed by atoms with Gasteiger partial charge in [-0.25, -0.2) is 5.90 Å². The smallest absolute Gasteiger partial charge is 0.225 e. The molecule has 1 unspecified atom stereocenters. The second kappa shape index (κ2) is 4.28. The molecule has 1 amide bonds. The lowest BCUT2D eigenvalue weighted by Gasteiger charge is -2.32. The van der Waals surface area contributed by atoms with Crippen LogP contribution in [0.2, 0.25) is 0 Å². The molecule has 0 aromatic carbocycles. The van der Waals surface area contributed by atoms with E-state index in [0.717, 1.165) is 38.8 Å². The summed E-state index contributed by atoms with van der Waals surface area (Å²) in [5.74, 6) is 6.18. The Morgan fingerprint density at radius 2 is 2.21 bits per heavy atom. The first-order chi connectivity index (χ1) is 6.81. The first kappa shape index (κ1) is 9.93. The highest BCUT2D eigenvalue weighted by Gasteiger charge is 2.35. The van der Waals surface area contributed by atoms with Crippen LogP contribution in [-0.4, -0.2) is 30.5 Å². The highest BCUT2D eigenvalue weighted by molar-refractivity contribution is 5.81. The van der Waals surface area contributed by atoms with Crippen molar-refractivity contribution in [2.45, 2.75) is 25.7 Å². The monoisotopic (exact) mass is 198 g/mol. The van der Waals surface area contributed by atoms with Crippen LogP contribution in [0.4, 0.5) is 0 Å². The minimum atomic E-state index is 0.340. The predicted octanol–water partition coefficient (Wildman–Crippen LogP) is 0.525. The summed E-state index contributed by atoms with van der Waals surface area (Å²) in [6.45, 7) is 2.34. The van der Waals surface area contributed by atoms with Gasteiger partial charge in [-0.05, 0) is 25.7 Å². The Morgan fingerprint density at radius 1 is 1.43 bits per heavy atom. The number of hydrogen-bond acceptors (Lipinski definition) is 3. The van der Waals surface area contributed by atoms with Gasteiger partial charge in [-0.2, -0.15) is 0 Å². The van der Waals surface area contributed by atoms with Crippen LogP contribution < -0.4 is 5.90 Å². The summed E-state index contributed by atoms with van der Waals surface area (Å²) in [6.07, 6.45) is 4.40. The molecule has 80 valence electrons. The molecule has 0 bridgehead atoms. The van der Waals surface area contributed by atoms with E-state index in [2.05, 4.69) is 4.84 Å². The molecule has 0 spiro atoms. The molecule has 2 N–H and O–H groups in total. The number of rotatable bonds is 3. The summed E-state index contributed by atoms with van der Waals surface area (Å²) in [5, 5.41) is 0. The topological polar surface area (TPSA) is 55.6 Å². The fourth-order valence-electron chi connectivity index (χ4n) is 2.13. The van der Waals surface area contributed by atoms with Crippen LogP contribution in [0.5, 0.6) is 0 Å². The number of nitrogens with zero attached hydrogens (tertiary/aromatic N) is 1. The highest BCUT2D eigenvalue weighted by atomic mass is 16.6. The second-order valence-electron chi connectivity index (χ2n) is 4.40. The van der Waals surface area contributed by atoms with Crippen LogP contribution in [0.1, 0.15) is 25.7 Å². The van der Waals surface area contributed by atoms with Gasteiger partial charge in [-0.15, -0.1) is 0 Å². The van der Waals surface area contributed by atoms with E-state index in [9.17, 15) is 4.79 Å². The lowest BCUT2D eigenvalue weighted by molar-refractivity contribution is -0.134. The first-order valence-electron chi connectivity index (χ1n) is 5.41. The molecule has 2 aliphatic rings. The van der Waals surface area contributed by atoms with Crippen LogP contribution in [0.15, 0.2) is 0 Å². The van der Waals surface area contributed by atoms with Gasteiger partial charge in [-0.1, -0.05) is 0 Å². The molecule has 0 aromatic heterocycles. The van der Waals surface area contributed by atoms with E-state index in [-0.39, 0.29) is 0 Å². The zero-order valence-corrected chi connectivity index (χ0v) is 8.45. The third kappa shape index (κ3) is 2.25. The van der Waals surface area contributed by atoms with Crippen LogP contribution >= 0.6 is 0 Å². The lowest BCUT2D eigenvalue weighted by atomic mass is 9.99. The molecular formula is C10H18N2O2. The second-order valence-corrected chi connectivity index (χ2v) is 4.40. The van der Waals surface area contributed by atoms with E-state index in [1.165, 1.54) is 0 Å². The van der Waals surface area contributed by atoms with Crippen molar-refractivity contribution >= 4 is 5.91 Å². The predicted molar refractivity (Wildman–Crippen MR) is 52.2 cm³/mol. The van der Waals surface area contributed by atoms with Gasteiger partial charge in [-0.3, -0.25) is 4.79 Å². The SMILES string of the molecule is NOCC1CCCN(C(=O)C2CC2)C1. The van der Waals surface area contributed by atoms with Gasteiger partial charge in [0.2, 0.25) is 5.91 Å². The third-order valence-corrected chi connectivity index (χ3v) is 3.09. The molecular weight excluding hydrogens is 180 g/mol. The quantitative estimate of drug-likeness (QED) is 0.673. The Labute approximate surface area is 84.3 Å². The minimum Gasteiger partial charge on any atom is -0.342 e. The molecule has 1 atom stereocenters. The normalized spacial score (nSPS) is 27.8. The van der Waals surface area contributed by atoms with Crippen molar-refractivity contribution in [3.8, 4) is 0 Å². The van der Waals surface area contributed by atoms with E-state index in [1.807, 2.05) is 4.90 Å². The number of carbonyl (C=O) groups is 1. The summed E-state index contributed by atoms with van der Waals surface area (Å²) in [6, 6.07) is 0. The minimum absolute atomic E-state index is 0.340. The van der Waals surface area contributed by atoms with Crippen molar-refractivity contribution in [1.29, 1.82) is 0 Å². The fraction of sp³-hybridized carbons (Fsp3) is 0.900. The van der Waals surface area contributed by atoms with E-state index >= 15 is 0 Å².